The second kappa shape index (κ2) is 4.42. The molecule has 0 nitrogen and oxygen atoms in total. The zero-order valence-corrected chi connectivity index (χ0v) is 10.6. The fourth-order valence-corrected chi connectivity index (χ4v) is 2.96. The lowest BCUT2D eigenvalue weighted by Gasteiger charge is -2.06. The van der Waals surface area contributed by atoms with Gasteiger partial charge in [0.1, 0.15) is 0 Å². The second-order valence-corrected chi connectivity index (χ2v) is 5.08. The molecule has 0 aliphatic heterocycles. The molecule has 0 fully saturated rings. The van der Waals surface area contributed by atoms with Crippen molar-refractivity contribution in [3.05, 3.63) is 71.9 Å². The van der Waals surface area contributed by atoms with Gasteiger partial charge in [-0.15, -0.1) is 11.8 Å². The van der Waals surface area contributed by atoms with E-state index in [4.69, 9.17) is 0 Å². The predicted molar refractivity (Wildman–Crippen MR) is 76.1 cm³/mol. The van der Waals surface area contributed by atoms with Crippen molar-refractivity contribution in [1.82, 2.24) is 0 Å². The summed E-state index contributed by atoms with van der Waals surface area (Å²) in [5.74, 6) is 0.477. The maximum atomic E-state index is 2.35. The molecular weight excluding hydrogens is 224 g/mol. The molecule has 0 bridgehead atoms. The van der Waals surface area contributed by atoms with E-state index in [1.165, 1.54) is 21.6 Å². The summed E-state index contributed by atoms with van der Waals surface area (Å²) in [4.78, 5) is 1.35. The van der Waals surface area contributed by atoms with Crippen LogP contribution in [0, 0.1) is 5.92 Å². The third-order valence-electron chi connectivity index (χ3n) is 3.20. The Morgan fingerprint density at radius 3 is 2.82 bits per heavy atom. The molecule has 1 heteroatoms. The summed E-state index contributed by atoms with van der Waals surface area (Å²) in [7, 11) is 0. The van der Waals surface area contributed by atoms with Gasteiger partial charge in [0, 0.05) is 10.8 Å². The van der Waals surface area contributed by atoms with Crippen molar-refractivity contribution in [1.29, 1.82) is 0 Å². The van der Waals surface area contributed by atoms with Gasteiger partial charge in [-0.1, -0.05) is 54.7 Å². The van der Waals surface area contributed by atoms with Gasteiger partial charge in [-0.3, -0.25) is 0 Å². The Bertz CT molecular complexity index is 559. The minimum atomic E-state index is 0.477. The summed E-state index contributed by atoms with van der Waals surface area (Å²) in [6, 6.07) is 8.61. The van der Waals surface area contributed by atoms with Gasteiger partial charge in [-0.05, 0) is 29.0 Å². The molecule has 1 atom stereocenters. The van der Waals surface area contributed by atoms with Gasteiger partial charge < -0.3 is 0 Å². The molecule has 0 saturated carbocycles. The topological polar surface area (TPSA) is 0 Å². The Kier molecular flexibility index (Phi) is 2.77. The SMILES string of the molecule is CSc1ccccc1C1=CC2C=CC=CC2=C1. The summed E-state index contributed by atoms with van der Waals surface area (Å²) in [6.45, 7) is 0. The molecule has 3 rings (SSSR count). The molecule has 2 aliphatic rings. The zero-order chi connectivity index (χ0) is 11.7. The van der Waals surface area contributed by atoms with Crippen LogP contribution in [0.15, 0.2) is 71.2 Å². The summed E-state index contributed by atoms with van der Waals surface area (Å²) in [6.07, 6.45) is 15.5. The third-order valence-corrected chi connectivity index (χ3v) is 4.00. The number of allylic oxidation sites excluding steroid dienone is 8. The predicted octanol–water partition coefficient (Wildman–Crippen LogP) is 4.47. The van der Waals surface area contributed by atoms with E-state index >= 15 is 0 Å². The molecule has 84 valence electrons. The highest BCUT2D eigenvalue weighted by atomic mass is 32.2. The highest BCUT2D eigenvalue weighted by molar-refractivity contribution is 7.98. The first kappa shape index (κ1) is 10.7. The highest BCUT2D eigenvalue weighted by Crippen LogP contribution is 2.36. The summed E-state index contributed by atoms with van der Waals surface area (Å²) < 4.78 is 0. The summed E-state index contributed by atoms with van der Waals surface area (Å²) >= 11 is 1.81. The van der Waals surface area contributed by atoms with E-state index < -0.39 is 0 Å². The molecule has 17 heavy (non-hydrogen) atoms. The largest absolute Gasteiger partial charge is 0.129 e. The van der Waals surface area contributed by atoms with Gasteiger partial charge >= 0.3 is 0 Å². The summed E-state index contributed by atoms with van der Waals surface area (Å²) in [5.41, 5.74) is 4.10. The van der Waals surface area contributed by atoms with Crippen LogP contribution in [0.4, 0.5) is 0 Å². The number of hydrogen-bond acceptors (Lipinski definition) is 1. The smallest absolute Gasteiger partial charge is 0.0211 e. The summed E-state index contributed by atoms with van der Waals surface area (Å²) in [5, 5.41) is 0. The number of fused-ring (bicyclic) bond motifs is 1. The van der Waals surface area contributed by atoms with Crippen LogP contribution in [0.2, 0.25) is 0 Å². The molecule has 1 aromatic carbocycles. The Hall–Kier alpha value is -1.47. The molecule has 2 aliphatic carbocycles. The first-order valence-electron chi connectivity index (χ1n) is 5.80. The van der Waals surface area contributed by atoms with Crippen molar-refractivity contribution < 1.29 is 0 Å². The Labute approximate surface area is 106 Å². The van der Waals surface area contributed by atoms with Gasteiger partial charge in [0.15, 0.2) is 0 Å². The van der Waals surface area contributed by atoms with Gasteiger partial charge in [-0.2, -0.15) is 0 Å². The average Bonchev–Trinajstić information content (AvgIpc) is 2.82. The monoisotopic (exact) mass is 238 g/mol. The van der Waals surface area contributed by atoms with Crippen LogP contribution in [0.5, 0.6) is 0 Å². The van der Waals surface area contributed by atoms with Crippen molar-refractivity contribution in [3.8, 4) is 0 Å². The van der Waals surface area contributed by atoms with Gasteiger partial charge in [0.05, 0.1) is 0 Å². The lowest BCUT2D eigenvalue weighted by molar-refractivity contribution is 1.02. The first-order chi connectivity index (χ1) is 8.38. The van der Waals surface area contributed by atoms with E-state index in [-0.39, 0.29) is 0 Å². The van der Waals surface area contributed by atoms with Crippen molar-refractivity contribution in [2.75, 3.05) is 6.26 Å². The van der Waals surface area contributed by atoms with Crippen LogP contribution < -0.4 is 0 Å². The molecule has 0 amide bonds. The normalized spacial score (nSPS) is 21.1. The van der Waals surface area contributed by atoms with E-state index in [9.17, 15) is 0 Å². The molecule has 0 saturated heterocycles. The van der Waals surface area contributed by atoms with E-state index in [1.54, 1.807) is 0 Å². The fourth-order valence-electron chi connectivity index (χ4n) is 2.34. The van der Waals surface area contributed by atoms with Crippen LogP contribution in [0.1, 0.15) is 5.56 Å². The Morgan fingerprint density at radius 1 is 1.12 bits per heavy atom. The van der Waals surface area contributed by atoms with Crippen LogP contribution in [0.3, 0.4) is 0 Å². The number of hydrogen-bond donors (Lipinski definition) is 0. The minimum Gasteiger partial charge on any atom is -0.129 e. The zero-order valence-electron chi connectivity index (χ0n) is 9.76. The molecule has 0 heterocycles. The van der Waals surface area contributed by atoms with Crippen LogP contribution in [0.25, 0.3) is 5.57 Å². The van der Waals surface area contributed by atoms with Crippen molar-refractivity contribution in [2.24, 2.45) is 5.92 Å². The molecule has 1 aromatic rings. The molecule has 0 N–H and O–H groups in total. The molecular formula is C16H14S. The van der Waals surface area contributed by atoms with Gasteiger partial charge in [0.2, 0.25) is 0 Å². The fraction of sp³-hybridized carbons (Fsp3) is 0.125. The maximum absolute atomic E-state index is 2.35. The molecule has 1 unspecified atom stereocenters. The average molecular weight is 238 g/mol. The van der Waals surface area contributed by atoms with Crippen molar-refractivity contribution in [2.45, 2.75) is 4.90 Å². The number of rotatable bonds is 2. The first-order valence-corrected chi connectivity index (χ1v) is 7.02. The van der Waals surface area contributed by atoms with Gasteiger partial charge in [-0.25, -0.2) is 0 Å². The van der Waals surface area contributed by atoms with Crippen LogP contribution in [-0.2, 0) is 0 Å². The van der Waals surface area contributed by atoms with Gasteiger partial charge in [0.25, 0.3) is 0 Å². The Morgan fingerprint density at radius 2 is 2.00 bits per heavy atom. The van der Waals surface area contributed by atoms with E-state index in [1.807, 2.05) is 11.8 Å². The highest BCUT2D eigenvalue weighted by Gasteiger charge is 2.18. The van der Waals surface area contributed by atoms with E-state index in [0.717, 1.165) is 0 Å². The maximum Gasteiger partial charge on any atom is 0.0211 e. The molecule has 0 radical (unpaired) electrons. The molecule has 0 aromatic heterocycles. The van der Waals surface area contributed by atoms with Crippen LogP contribution >= 0.6 is 11.8 Å². The standard InChI is InChI=1S/C16H14S/c1-17-16-9-5-4-8-15(16)14-10-12-6-2-3-7-13(12)11-14/h2-12H,1H3. The molecule has 0 spiro atoms. The number of thioether (sulfide) groups is 1. The van der Waals surface area contributed by atoms with Crippen molar-refractivity contribution >= 4 is 17.3 Å². The lowest BCUT2D eigenvalue weighted by atomic mass is 9.98. The van der Waals surface area contributed by atoms with E-state index in [0.29, 0.717) is 5.92 Å². The second-order valence-electron chi connectivity index (χ2n) is 4.24. The lowest BCUT2D eigenvalue weighted by Crippen LogP contribution is -1.92. The quantitative estimate of drug-likeness (QED) is 0.685. The minimum absolute atomic E-state index is 0.477. The number of benzene rings is 1. The van der Waals surface area contributed by atoms with E-state index in [2.05, 4.69) is 67.0 Å². The van der Waals surface area contributed by atoms with Crippen LogP contribution in [-0.4, -0.2) is 6.26 Å². The van der Waals surface area contributed by atoms with Crippen molar-refractivity contribution in [3.63, 3.8) is 0 Å². The third kappa shape index (κ3) is 1.91. The Balaban J connectivity index is 2.04.